The highest BCUT2D eigenvalue weighted by atomic mass is 16.5. The molecule has 0 spiro atoms. The first-order valence-electron chi connectivity index (χ1n) is 8.28. The van der Waals surface area contributed by atoms with E-state index >= 15 is 0 Å². The second kappa shape index (κ2) is 6.58. The number of hydrogen-bond acceptors (Lipinski definition) is 6. The minimum atomic E-state index is -0.275. The summed E-state index contributed by atoms with van der Waals surface area (Å²) in [5.74, 6) is 1.41. The molecule has 1 fully saturated rings. The summed E-state index contributed by atoms with van der Waals surface area (Å²) >= 11 is 0. The fraction of sp³-hybridized carbons (Fsp3) is 0.667. The van der Waals surface area contributed by atoms with Gasteiger partial charge in [-0.3, -0.25) is 0 Å². The summed E-state index contributed by atoms with van der Waals surface area (Å²) in [6.07, 6.45) is 2.91. The summed E-state index contributed by atoms with van der Waals surface area (Å²) in [6, 6.07) is -0.321. The van der Waals surface area contributed by atoms with Crippen LogP contribution in [-0.2, 0) is 0 Å². The van der Waals surface area contributed by atoms with E-state index in [1.165, 1.54) is 0 Å². The van der Waals surface area contributed by atoms with Gasteiger partial charge < -0.3 is 15.2 Å². The Bertz CT molecular complexity index is 700. The quantitative estimate of drug-likeness (QED) is 0.837. The fourth-order valence-electron chi connectivity index (χ4n) is 2.89. The summed E-state index contributed by atoms with van der Waals surface area (Å²) in [5, 5.41) is 21.6. The molecule has 3 rings (SSSR count). The number of amides is 2. The highest BCUT2D eigenvalue weighted by Crippen LogP contribution is 2.35. The SMILES string of the molecule is CC[C@@H](NC(=O)N[C@H](C)c1nnnn1C1CC1)c1c(C)noc1C. The lowest BCUT2D eigenvalue weighted by Gasteiger charge is -2.19. The van der Waals surface area contributed by atoms with Crippen LogP contribution >= 0.6 is 0 Å². The van der Waals surface area contributed by atoms with Crippen molar-refractivity contribution in [3.8, 4) is 0 Å². The molecule has 0 saturated heterocycles. The van der Waals surface area contributed by atoms with Crippen molar-refractivity contribution in [3.05, 3.63) is 22.8 Å². The monoisotopic (exact) mass is 333 g/mol. The van der Waals surface area contributed by atoms with Crippen molar-refractivity contribution in [3.63, 3.8) is 0 Å². The average Bonchev–Trinajstić information content (AvgIpc) is 3.18. The van der Waals surface area contributed by atoms with Gasteiger partial charge >= 0.3 is 6.03 Å². The molecule has 0 unspecified atom stereocenters. The van der Waals surface area contributed by atoms with Crippen LogP contribution in [0.4, 0.5) is 4.79 Å². The number of carbonyl (C=O) groups is 1. The Morgan fingerprint density at radius 1 is 1.38 bits per heavy atom. The lowest BCUT2D eigenvalue weighted by Crippen LogP contribution is -2.40. The van der Waals surface area contributed by atoms with Crippen molar-refractivity contribution >= 4 is 6.03 Å². The van der Waals surface area contributed by atoms with E-state index in [2.05, 4.69) is 31.3 Å². The second-order valence-corrected chi connectivity index (χ2v) is 6.25. The van der Waals surface area contributed by atoms with Crippen molar-refractivity contribution in [1.29, 1.82) is 0 Å². The van der Waals surface area contributed by atoms with Gasteiger partial charge in [-0.15, -0.1) is 5.10 Å². The molecule has 2 aromatic rings. The van der Waals surface area contributed by atoms with Gasteiger partial charge in [0.05, 0.1) is 23.8 Å². The summed E-state index contributed by atoms with van der Waals surface area (Å²) < 4.78 is 7.00. The molecule has 1 aliphatic carbocycles. The Morgan fingerprint density at radius 2 is 2.12 bits per heavy atom. The molecule has 0 bridgehead atoms. The summed E-state index contributed by atoms with van der Waals surface area (Å²) in [5.41, 5.74) is 1.73. The third kappa shape index (κ3) is 3.24. The smallest absolute Gasteiger partial charge is 0.315 e. The van der Waals surface area contributed by atoms with E-state index in [9.17, 15) is 4.79 Å². The first-order chi connectivity index (χ1) is 11.5. The molecule has 9 heteroatoms. The van der Waals surface area contributed by atoms with Gasteiger partial charge in [0.2, 0.25) is 0 Å². The summed E-state index contributed by atoms with van der Waals surface area (Å²) in [7, 11) is 0. The van der Waals surface area contributed by atoms with Crippen LogP contribution in [0.1, 0.15) is 74.1 Å². The Labute approximate surface area is 140 Å². The zero-order valence-electron chi connectivity index (χ0n) is 14.4. The maximum atomic E-state index is 12.4. The van der Waals surface area contributed by atoms with Gasteiger partial charge in [0.25, 0.3) is 0 Å². The van der Waals surface area contributed by atoms with Gasteiger partial charge in [-0.2, -0.15) is 0 Å². The zero-order valence-corrected chi connectivity index (χ0v) is 14.4. The minimum absolute atomic E-state index is 0.150. The molecule has 2 atom stereocenters. The van der Waals surface area contributed by atoms with Crippen LogP contribution in [0.3, 0.4) is 0 Å². The van der Waals surface area contributed by atoms with Crippen LogP contribution in [0.25, 0.3) is 0 Å². The first kappa shape index (κ1) is 16.4. The Hall–Kier alpha value is -2.45. The fourth-order valence-corrected chi connectivity index (χ4v) is 2.89. The van der Waals surface area contributed by atoms with Gasteiger partial charge in [0.15, 0.2) is 5.82 Å². The molecule has 2 N–H and O–H groups in total. The number of aromatic nitrogens is 5. The number of carbonyl (C=O) groups excluding carboxylic acids is 1. The van der Waals surface area contributed by atoms with Crippen LogP contribution in [-0.4, -0.2) is 31.4 Å². The molecule has 2 heterocycles. The molecule has 0 radical (unpaired) electrons. The van der Waals surface area contributed by atoms with Crippen LogP contribution < -0.4 is 10.6 Å². The molecule has 9 nitrogen and oxygen atoms in total. The number of nitrogens with one attached hydrogen (secondary N) is 2. The van der Waals surface area contributed by atoms with E-state index < -0.39 is 0 Å². The molecule has 0 aliphatic heterocycles. The number of urea groups is 1. The zero-order chi connectivity index (χ0) is 17.3. The Morgan fingerprint density at radius 3 is 2.71 bits per heavy atom. The second-order valence-electron chi connectivity index (χ2n) is 6.25. The van der Waals surface area contributed by atoms with E-state index in [0.29, 0.717) is 11.9 Å². The third-order valence-electron chi connectivity index (χ3n) is 4.30. The number of hydrogen-bond donors (Lipinski definition) is 2. The maximum Gasteiger partial charge on any atom is 0.315 e. The van der Waals surface area contributed by atoms with Crippen molar-refractivity contribution in [2.75, 3.05) is 0 Å². The standard InChI is InChI=1S/C15H23N7O2/c1-5-12(13-8(2)19-24-10(13)4)17-15(23)16-9(3)14-18-20-21-22(14)11-6-7-11/h9,11-12H,5-7H2,1-4H3,(H2,16,17,23)/t9-,12-/m1/s1. The van der Waals surface area contributed by atoms with Crippen molar-refractivity contribution in [2.45, 2.75) is 65.1 Å². The van der Waals surface area contributed by atoms with E-state index in [-0.39, 0.29) is 18.1 Å². The molecule has 2 amide bonds. The maximum absolute atomic E-state index is 12.4. The van der Waals surface area contributed by atoms with Crippen LogP contribution in [0, 0.1) is 13.8 Å². The van der Waals surface area contributed by atoms with E-state index in [0.717, 1.165) is 36.3 Å². The molecule has 1 saturated carbocycles. The lowest BCUT2D eigenvalue weighted by atomic mass is 10.0. The van der Waals surface area contributed by atoms with Crippen molar-refractivity contribution in [2.24, 2.45) is 0 Å². The van der Waals surface area contributed by atoms with E-state index in [1.54, 1.807) is 4.68 Å². The molecule has 2 aromatic heterocycles. The van der Waals surface area contributed by atoms with Crippen LogP contribution in [0.5, 0.6) is 0 Å². The van der Waals surface area contributed by atoms with Crippen LogP contribution in [0.2, 0.25) is 0 Å². The topological polar surface area (TPSA) is 111 Å². The normalized spacial score (nSPS) is 16.7. The molecule has 130 valence electrons. The van der Waals surface area contributed by atoms with Gasteiger partial charge in [-0.1, -0.05) is 12.1 Å². The van der Waals surface area contributed by atoms with Gasteiger partial charge in [-0.05, 0) is 50.5 Å². The molecule has 24 heavy (non-hydrogen) atoms. The molecular formula is C15H23N7O2. The first-order valence-corrected chi connectivity index (χ1v) is 8.28. The lowest BCUT2D eigenvalue weighted by molar-refractivity contribution is 0.232. The van der Waals surface area contributed by atoms with Crippen molar-refractivity contribution < 1.29 is 9.32 Å². The van der Waals surface area contributed by atoms with Crippen molar-refractivity contribution in [1.82, 2.24) is 36.0 Å². The van der Waals surface area contributed by atoms with Gasteiger partial charge in [0.1, 0.15) is 5.76 Å². The Kier molecular flexibility index (Phi) is 4.50. The Balaban J connectivity index is 1.65. The molecular weight excluding hydrogens is 310 g/mol. The summed E-state index contributed by atoms with van der Waals surface area (Å²) in [4.78, 5) is 12.4. The highest BCUT2D eigenvalue weighted by molar-refractivity contribution is 5.74. The number of tetrazole rings is 1. The van der Waals surface area contributed by atoms with Crippen LogP contribution in [0.15, 0.2) is 4.52 Å². The summed E-state index contributed by atoms with van der Waals surface area (Å²) in [6.45, 7) is 7.61. The average molecular weight is 333 g/mol. The van der Waals surface area contributed by atoms with Gasteiger partial charge in [-0.25, -0.2) is 9.48 Å². The third-order valence-corrected chi connectivity index (χ3v) is 4.30. The number of rotatable bonds is 6. The molecule has 1 aliphatic rings. The number of aryl methyl sites for hydroxylation is 2. The largest absolute Gasteiger partial charge is 0.361 e. The predicted octanol–water partition coefficient (Wildman–Crippen LogP) is 2.12. The van der Waals surface area contributed by atoms with Gasteiger partial charge in [0, 0.05) is 5.56 Å². The van der Waals surface area contributed by atoms with E-state index in [4.69, 9.17) is 4.52 Å². The highest BCUT2D eigenvalue weighted by Gasteiger charge is 2.30. The predicted molar refractivity (Wildman–Crippen MR) is 85.2 cm³/mol. The minimum Gasteiger partial charge on any atom is -0.361 e. The molecule has 0 aromatic carbocycles. The van der Waals surface area contributed by atoms with E-state index in [1.807, 2.05) is 27.7 Å². The number of nitrogens with zero attached hydrogens (tertiary/aromatic N) is 5.